The van der Waals surface area contributed by atoms with Gasteiger partial charge in [0, 0.05) is 12.0 Å². The fourth-order valence-electron chi connectivity index (χ4n) is 1.41. The SMILES string of the molecule is ON=C1CC=Cc2ccccc21. The predicted octanol–water partition coefficient (Wildman–Crippen LogP) is 2.28. The Morgan fingerprint density at radius 3 is 2.92 bits per heavy atom. The van der Waals surface area contributed by atoms with Gasteiger partial charge in [-0.25, -0.2) is 0 Å². The van der Waals surface area contributed by atoms with Gasteiger partial charge in [-0.3, -0.25) is 0 Å². The van der Waals surface area contributed by atoms with Crippen LogP contribution in [0.4, 0.5) is 0 Å². The maximum atomic E-state index is 8.69. The molecule has 2 nitrogen and oxygen atoms in total. The molecule has 60 valence electrons. The molecule has 0 saturated carbocycles. The van der Waals surface area contributed by atoms with E-state index in [4.69, 9.17) is 5.21 Å². The lowest BCUT2D eigenvalue weighted by molar-refractivity contribution is 0.318. The zero-order valence-corrected chi connectivity index (χ0v) is 6.57. The number of hydrogen-bond donors (Lipinski definition) is 1. The molecule has 0 saturated heterocycles. The molecule has 1 N–H and O–H groups in total. The highest BCUT2D eigenvalue weighted by molar-refractivity contribution is 6.06. The summed E-state index contributed by atoms with van der Waals surface area (Å²) < 4.78 is 0. The molecule has 0 spiro atoms. The third kappa shape index (κ3) is 1.01. The molecule has 1 aliphatic rings. The van der Waals surface area contributed by atoms with Gasteiger partial charge in [0.15, 0.2) is 0 Å². The van der Waals surface area contributed by atoms with E-state index in [2.05, 4.69) is 5.16 Å². The van der Waals surface area contributed by atoms with E-state index in [-0.39, 0.29) is 0 Å². The van der Waals surface area contributed by atoms with E-state index in [1.807, 2.05) is 36.4 Å². The first-order valence-corrected chi connectivity index (χ1v) is 3.88. The van der Waals surface area contributed by atoms with E-state index in [9.17, 15) is 0 Å². The van der Waals surface area contributed by atoms with Crippen LogP contribution in [0.25, 0.3) is 6.08 Å². The Hall–Kier alpha value is -1.57. The largest absolute Gasteiger partial charge is 0.411 e. The van der Waals surface area contributed by atoms with Crippen molar-refractivity contribution in [3.8, 4) is 0 Å². The zero-order valence-electron chi connectivity index (χ0n) is 6.57. The molecule has 0 radical (unpaired) electrons. The highest BCUT2D eigenvalue weighted by Crippen LogP contribution is 2.18. The average Bonchev–Trinajstić information content (AvgIpc) is 2.17. The minimum Gasteiger partial charge on any atom is -0.411 e. The molecule has 0 unspecified atom stereocenters. The van der Waals surface area contributed by atoms with Gasteiger partial charge in [-0.05, 0) is 5.56 Å². The third-order valence-electron chi connectivity index (χ3n) is 2.00. The van der Waals surface area contributed by atoms with E-state index in [1.54, 1.807) is 0 Å². The quantitative estimate of drug-likeness (QED) is 0.457. The van der Waals surface area contributed by atoms with Crippen LogP contribution in [-0.2, 0) is 0 Å². The molecule has 0 heterocycles. The van der Waals surface area contributed by atoms with Crippen LogP contribution in [-0.4, -0.2) is 10.9 Å². The van der Waals surface area contributed by atoms with Crippen molar-refractivity contribution in [1.82, 2.24) is 0 Å². The Morgan fingerprint density at radius 2 is 2.08 bits per heavy atom. The third-order valence-corrected chi connectivity index (χ3v) is 2.00. The smallest absolute Gasteiger partial charge is 0.0911 e. The summed E-state index contributed by atoms with van der Waals surface area (Å²) in [6, 6.07) is 7.90. The second-order valence-electron chi connectivity index (χ2n) is 2.74. The van der Waals surface area contributed by atoms with Crippen molar-refractivity contribution in [3.05, 3.63) is 41.5 Å². The number of allylic oxidation sites excluding steroid dienone is 1. The molecule has 0 fully saturated rings. The van der Waals surface area contributed by atoms with E-state index in [1.165, 1.54) is 0 Å². The van der Waals surface area contributed by atoms with Gasteiger partial charge in [0.05, 0.1) is 5.71 Å². The minimum atomic E-state index is 0.716. The highest BCUT2D eigenvalue weighted by atomic mass is 16.4. The first-order valence-electron chi connectivity index (χ1n) is 3.88. The van der Waals surface area contributed by atoms with E-state index >= 15 is 0 Å². The maximum absolute atomic E-state index is 8.69. The van der Waals surface area contributed by atoms with Crippen molar-refractivity contribution in [2.45, 2.75) is 6.42 Å². The molecule has 0 bridgehead atoms. The topological polar surface area (TPSA) is 32.6 Å². The van der Waals surface area contributed by atoms with Crippen molar-refractivity contribution < 1.29 is 5.21 Å². The molecule has 1 aromatic carbocycles. The Labute approximate surface area is 70.8 Å². The van der Waals surface area contributed by atoms with Gasteiger partial charge in [-0.2, -0.15) is 0 Å². The summed E-state index contributed by atoms with van der Waals surface area (Å²) >= 11 is 0. The lowest BCUT2D eigenvalue weighted by Crippen LogP contribution is -2.05. The number of rotatable bonds is 0. The van der Waals surface area contributed by atoms with Crippen LogP contribution in [0, 0.1) is 0 Å². The minimum absolute atomic E-state index is 0.716. The summed E-state index contributed by atoms with van der Waals surface area (Å²) in [5, 5.41) is 11.9. The van der Waals surface area contributed by atoms with Gasteiger partial charge >= 0.3 is 0 Å². The van der Waals surface area contributed by atoms with E-state index in [0.29, 0.717) is 6.42 Å². The summed E-state index contributed by atoms with van der Waals surface area (Å²) in [5.74, 6) is 0. The molecule has 2 heteroatoms. The molecule has 1 aliphatic carbocycles. The van der Waals surface area contributed by atoms with Gasteiger partial charge in [-0.15, -0.1) is 0 Å². The molecular weight excluding hydrogens is 150 g/mol. The molecule has 12 heavy (non-hydrogen) atoms. The number of fused-ring (bicyclic) bond motifs is 1. The number of oxime groups is 1. The van der Waals surface area contributed by atoms with Gasteiger partial charge in [0.1, 0.15) is 0 Å². The average molecular weight is 159 g/mol. The second kappa shape index (κ2) is 2.81. The Balaban J connectivity index is 2.60. The summed E-state index contributed by atoms with van der Waals surface area (Å²) in [6.07, 6.45) is 4.76. The zero-order chi connectivity index (χ0) is 8.39. The van der Waals surface area contributed by atoms with Crippen molar-refractivity contribution in [3.63, 3.8) is 0 Å². The highest BCUT2D eigenvalue weighted by Gasteiger charge is 2.09. The van der Waals surface area contributed by atoms with Crippen LogP contribution < -0.4 is 0 Å². The maximum Gasteiger partial charge on any atom is 0.0911 e. The van der Waals surface area contributed by atoms with Crippen LogP contribution >= 0.6 is 0 Å². The number of hydrogen-bond acceptors (Lipinski definition) is 2. The number of benzene rings is 1. The molecule has 0 aliphatic heterocycles. The lowest BCUT2D eigenvalue weighted by atomic mass is 9.96. The van der Waals surface area contributed by atoms with Crippen LogP contribution in [0.3, 0.4) is 0 Å². The molecular formula is C10H9NO. The molecule has 0 amide bonds. The van der Waals surface area contributed by atoms with Crippen LogP contribution in [0.5, 0.6) is 0 Å². The van der Waals surface area contributed by atoms with E-state index < -0.39 is 0 Å². The fraction of sp³-hybridized carbons (Fsp3) is 0.100. The first kappa shape index (κ1) is 7.10. The van der Waals surface area contributed by atoms with Crippen LogP contribution in [0.1, 0.15) is 17.5 Å². The molecule has 0 aromatic heterocycles. The van der Waals surface area contributed by atoms with Crippen molar-refractivity contribution >= 4 is 11.8 Å². The molecule has 2 rings (SSSR count). The predicted molar refractivity (Wildman–Crippen MR) is 48.4 cm³/mol. The second-order valence-corrected chi connectivity index (χ2v) is 2.74. The summed E-state index contributed by atoms with van der Waals surface area (Å²) in [4.78, 5) is 0. The van der Waals surface area contributed by atoms with E-state index in [0.717, 1.165) is 16.8 Å². The monoisotopic (exact) mass is 159 g/mol. The summed E-state index contributed by atoms with van der Waals surface area (Å²) in [7, 11) is 0. The summed E-state index contributed by atoms with van der Waals surface area (Å²) in [6.45, 7) is 0. The standard InChI is InChI=1S/C10H9NO/c12-11-10-7-3-5-8-4-1-2-6-9(8)10/h1-6,12H,7H2. The normalized spacial score (nSPS) is 17.8. The fourth-order valence-corrected chi connectivity index (χ4v) is 1.41. The number of nitrogens with zero attached hydrogens (tertiary/aromatic N) is 1. The van der Waals surface area contributed by atoms with Gasteiger partial charge < -0.3 is 5.21 Å². The van der Waals surface area contributed by atoms with Gasteiger partial charge in [0.2, 0.25) is 0 Å². The van der Waals surface area contributed by atoms with Crippen molar-refractivity contribution in [2.75, 3.05) is 0 Å². The first-order chi connectivity index (χ1) is 5.92. The Bertz CT molecular complexity index is 353. The van der Waals surface area contributed by atoms with Gasteiger partial charge in [0.25, 0.3) is 0 Å². The van der Waals surface area contributed by atoms with Crippen molar-refractivity contribution in [2.24, 2.45) is 5.16 Å². The molecule has 0 atom stereocenters. The Kier molecular flexibility index (Phi) is 1.67. The van der Waals surface area contributed by atoms with Gasteiger partial charge in [-0.1, -0.05) is 41.6 Å². The molecule has 1 aromatic rings. The lowest BCUT2D eigenvalue weighted by Gasteiger charge is -2.10. The Morgan fingerprint density at radius 1 is 1.25 bits per heavy atom. The summed E-state index contributed by atoms with van der Waals surface area (Å²) in [5.41, 5.74) is 2.90. The van der Waals surface area contributed by atoms with Crippen LogP contribution in [0.15, 0.2) is 35.5 Å². The van der Waals surface area contributed by atoms with Crippen molar-refractivity contribution in [1.29, 1.82) is 0 Å². The van der Waals surface area contributed by atoms with Crippen LogP contribution in [0.2, 0.25) is 0 Å².